The predicted octanol–water partition coefficient (Wildman–Crippen LogP) is 1.40. The second-order valence-electron chi connectivity index (χ2n) is 5.12. The first kappa shape index (κ1) is 11.9. The van der Waals surface area contributed by atoms with Crippen molar-refractivity contribution in [2.75, 3.05) is 26.3 Å². The van der Waals surface area contributed by atoms with E-state index in [1.54, 1.807) is 0 Å². The summed E-state index contributed by atoms with van der Waals surface area (Å²) in [6.07, 6.45) is 2.51. The van der Waals surface area contributed by atoms with Crippen molar-refractivity contribution < 1.29 is 14.3 Å². The molecule has 2 aliphatic rings. The minimum Gasteiger partial charge on any atom is -0.346 e. The van der Waals surface area contributed by atoms with Crippen LogP contribution >= 0.6 is 0 Å². The highest BCUT2D eigenvalue weighted by Gasteiger charge is 2.41. The smallest absolute Gasteiger partial charge is 0.223 e. The average molecular weight is 227 g/mol. The number of amides is 1. The Hall–Kier alpha value is -0.610. The summed E-state index contributed by atoms with van der Waals surface area (Å²) in [5, 5.41) is 0. The van der Waals surface area contributed by atoms with Gasteiger partial charge in [-0.1, -0.05) is 13.8 Å². The highest BCUT2D eigenvalue weighted by molar-refractivity contribution is 5.76. The van der Waals surface area contributed by atoms with E-state index in [1.807, 2.05) is 4.90 Å². The van der Waals surface area contributed by atoms with Crippen LogP contribution in [0, 0.1) is 5.92 Å². The van der Waals surface area contributed by atoms with Crippen molar-refractivity contribution in [3.8, 4) is 0 Å². The van der Waals surface area contributed by atoms with Gasteiger partial charge in [0.1, 0.15) is 0 Å². The van der Waals surface area contributed by atoms with E-state index >= 15 is 0 Å². The average Bonchev–Trinajstić information content (AvgIpc) is 2.65. The number of hydrogen-bond donors (Lipinski definition) is 0. The number of carbonyl (C=O) groups is 1. The van der Waals surface area contributed by atoms with Gasteiger partial charge in [-0.2, -0.15) is 0 Å². The largest absolute Gasteiger partial charge is 0.346 e. The monoisotopic (exact) mass is 227 g/mol. The minimum absolute atomic E-state index is 0.230. The number of piperidine rings is 1. The maximum atomic E-state index is 12.0. The van der Waals surface area contributed by atoms with Crippen molar-refractivity contribution in [1.82, 2.24) is 4.90 Å². The van der Waals surface area contributed by atoms with Gasteiger partial charge < -0.3 is 14.4 Å². The molecule has 0 aromatic carbocycles. The maximum absolute atomic E-state index is 12.0. The number of rotatable bonds is 2. The SMILES string of the molecule is CC(C)CC(=O)N1CCCC2(C1)OCCO2. The molecule has 0 saturated carbocycles. The molecule has 0 aromatic heterocycles. The lowest BCUT2D eigenvalue weighted by Crippen LogP contribution is -2.51. The van der Waals surface area contributed by atoms with E-state index in [2.05, 4.69) is 13.8 Å². The molecule has 4 nitrogen and oxygen atoms in total. The van der Waals surface area contributed by atoms with Crippen molar-refractivity contribution in [2.24, 2.45) is 5.92 Å². The van der Waals surface area contributed by atoms with Gasteiger partial charge in [-0.05, 0) is 12.3 Å². The summed E-state index contributed by atoms with van der Waals surface area (Å²) in [5.41, 5.74) is 0. The van der Waals surface area contributed by atoms with E-state index < -0.39 is 5.79 Å². The molecule has 1 amide bonds. The number of hydrogen-bond acceptors (Lipinski definition) is 3. The molecule has 2 heterocycles. The van der Waals surface area contributed by atoms with Gasteiger partial charge in [-0.3, -0.25) is 4.79 Å². The lowest BCUT2D eigenvalue weighted by Gasteiger charge is -2.38. The van der Waals surface area contributed by atoms with Gasteiger partial charge in [0, 0.05) is 19.4 Å². The molecule has 2 fully saturated rings. The minimum atomic E-state index is -0.481. The Morgan fingerprint density at radius 3 is 2.69 bits per heavy atom. The lowest BCUT2D eigenvalue weighted by molar-refractivity contribution is -0.193. The Balaban J connectivity index is 1.93. The van der Waals surface area contributed by atoms with Crippen LogP contribution < -0.4 is 0 Å². The third-order valence-corrected chi connectivity index (χ3v) is 3.17. The quantitative estimate of drug-likeness (QED) is 0.715. The molecular weight excluding hydrogens is 206 g/mol. The van der Waals surface area contributed by atoms with Gasteiger partial charge in [-0.15, -0.1) is 0 Å². The molecule has 0 unspecified atom stereocenters. The molecule has 2 aliphatic heterocycles. The van der Waals surface area contributed by atoms with Crippen LogP contribution in [0.5, 0.6) is 0 Å². The molecule has 2 saturated heterocycles. The number of carbonyl (C=O) groups excluding carboxylic acids is 1. The topological polar surface area (TPSA) is 38.8 Å². The van der Waals surface area contributed by atoms with Crippen LogP contribution in [0.25, 0.3) is 0 Å². The Labute approximate surface area is 96.9 Å². The third-order valence-electron chi connectivity index (χ3n) is 3.17. The fourth-order valence-corrected chi connectivity index (χ4v) is 2.41. The van der Waals surface area contributed by atoms with Crippen molar-refractivity contribution in [2.45, 2.75) is 38.9 Å². The van der Waals surface area contributed by atoms with Gasteiger partial charge in [0.05, 0.1) is 19.8 Å². The maximum Gasteiger partial charge on any atom is 0.223 e. The van der Waals surface area contributed by atoms with Crippen LogP contribution in [-0.2, 0) is 14.3 Å². The van der Waals surface area contributed by atoms with E-state index in [0.717, 1.165) is 19.4 Å². The van der Waals surface area contributed by atoms with Gasteiger partial charge in [0.15, 0.2) is 5.79 Å². The molecule has 16 heavy (non-hydrogen) atoms. The molecule has 0 aromatic rings. The Bertz CT molecular complexity index is 259. The van der Waals surface area contributed by atoms with E-state index in [0.29, 0.717) is 32.1 Å². The van der Waals surface area contributed by atoms with E-state index in [1.165, 1.54) is 0 Å². The molecule has 0 atom stereocenters. The first-order chi connectivity index (χ1) is 7.61. The number of ether oxygens (including phenoxy) is 2. The number of nitrogens with zero attached hydrogens (tertiary/aromatic N) is 1. The van der Waals surface area contributed by atoms with E-state index in [9.17, 15) is 4.79 Å². The molecule has 2 rings (SSSR count). The highest BCUT2D eigenvalue weighted by Crippen LogP contribution is 2.30. The van der Waals surface area contributed by atoms with Gasteiger partial charge in [0.2, 0.25) is 5.91 Å². The number of likely N-dealkylation sites (tertiary alicyclic amines) is 1. The molecule has 1 spiro atoms. The summed E-state index contributed by atoms with van der Waals surface area (Å²) in [6, 6.07) is 0. The Kier molecular flexibility index (Phi) is 3.50. The molecule has 0 radical (unpaired) electrons. The Morgan fingerprint density at radius 2 is 2.06 bits per heavy atom. The third kappa shape index (κ3) is 2.55. The summed E-state index contributed by atoms with van der Waals surface area (Å²) in [5.74, 6) is 0.161. The van der Waals surface area contributed by atoms with Crippen molar-refractivity contribution in [1.29, 1.82) is 0 Å². The van der Waals surface area contributed by atoms with Gasteiger partial charge in [-0.25, -0.2) is 0 Å². The van der Waals surface area contributed by atoms with E-state index in [-0.39, 0.29) is 5.91 Å². The second kappa shape index (κ2) is 4.72. The van der Waals surface area contributed by atoms with Crippen LogP contribution in [0.15, 0.2) is 0 Å². The molecule has 0 N–H and O–H groups in total. The highest BCUT2D eigenvalue weighted by atomic mass is 16.7. The predicted molar refractivity (Wildman–Crippen MR) is 59.9 cm³/mol. The van der Waals surface area contributed by atoms with Crippen LogP contribution in [0.3, 0.4) is 0 Å². The molecule has 0 bridgehead atoms. The van der Waals surface area contributed by atoms with Crippen molar-refractivity contribution in [3.05, 3.63) is 0 Å². The van der Waals surface area contributed by atoms with Crippen LogP contribution in [0.1, 0.15) is 33.1 Å². The summed E-state index contributed by atoms with van der Waals surface area (Å²) < 4.78 is 11.3. The standard InChI is InChI=1S/C12H21NO3/c1-10(2)8-11(14)13-5-3-4-12(9-13)15-6-7-16-12/h10H,3-9H2,1-2H3. The molecule has 92 valence electrons. The zero-order chi connectivity index (χ0) is 11.6. The lowest BCUT2D eigenvalue weighted by atomic mass is 10.0. The summed E-state index contributed by atoms with van der Waals surface area (Å²) in [4.78, 5) is 13.9. The summed E-state index contributed by atoms with van der Waals surface area (Å²) >= 11 is 0. The first-order valence-corrected chi connectivity index (χ1v) is 6.17. The summed E-state index contributed by atoms with van der Waals surface area (Å²) in [6.45, 7) is 6.91. The summed E-state index contributed by atoms with van der Waals surface area (Å²) in [7, 11) is 0. The van der Waals surface area contributed by atoms with Crippen LogP contribution in [-0.4, -0.2) is 42.9 Å². The van der Waals surface area contributed by atoms with E-state index in [4.69, 9.17) is 9.47 Å². The van der Waals surface area contributed by atoms with Crippen LogP contribution in [0.2, 0.25) is 0 Å². The fourth-order valence-electron chi connectivity index (χ4n) is 2.41. The fraction of sp³-hybridized carbons (Fsp3) is 0.917. The van der Waals surface area contributed by atoms with Gasteiger partial charge in [0.25, 0.3) is 0 Å². The second-order valence-corrected chi connectivity index (χ2v) is 5.12. The van der Waals surface area contributed by atoms with Crippen LogP contribution in [0.4, 0.5) is 0 Å². The zero-order valence-corrected chi connectivity index (χ0v) is 10.2. The zero-order valence-electron chi connectivity index (χ0n) is 10.2. The first-order valence-electron chi connectivity index (χ1n) is 6.17. The molecule has 0 aliphatic carbocycles. The molecular formula is C12H21NO3. The normalized spacial score (nSPS) is 24.3. The molecule has 4 heteroatoms. The van der Waals surface area contributed by atoms with Gasteiger partial charge >= 0.3 is 0 Å². The Morgan fingerprint density at radius 1 is 1.38 bits per heavy atom. The van der Waals surface area contributed by atoms with Crippen molar-refractivity contribution >= 4 is 5.91 Å². The van der Waals surface area contributed by atoms with Crippen molar-refractivity contribution in [3.63, 3.8) is 0 Å².